The number of amides is 3. The van der Waals surface area contributed by atoms with Crippen molar-refractivity contribution >= 4 is 23.7 Å². The molecule has 0 saturated carbocycles. The number of fused-ring (bicyclic) bond motifs is 2. The summed E-state index contributed by atoms with van der Waals surface area (Å²) in [7, 11) is 0. The number of carboxylic acid groups (broad SMARTS) is 1. The van der Waals surface area contributed by atoms with Crippen LogP contribution in [0.5, 0.6) is 0 Å². The molecule has 13 nitrogen and oxygen atoms in total. The second-order valence-corrected chi connectivity index (χ2v) is 32.1. The summed E-state index contributed by atoms with van der Waals surface area (Å²) >= 11 is 0. The largest absolute Gasteiger partial charge is 0.480 e. The van der Waals surface area contributed by atoms with E-state index in [2.05, 4.69) is 188 Å². The van der Waals surface area contributed by atoms with Crippen molar-refractivity contribution in [1.82, 2.24) is 39.2 Å². The highest BCUT2D eigenvalue weighted by atomic mass is 16.4. The number of piperidine rings is 2. The number of rotatable bonds is 18. The summed E-state index contributed by atoms with van der Waals surface area (Å²) in [6, 6.07) is 94.7. The van der Waals surface area contributed by atoms with Crippen LogP contribution in [0.15, 0.2) is 273 Å². The number of carboxylic acids is 1. The Morgan fingerprint density at radius 1 is 0.352 bits per heavy atom. The molecule has 558 valence electrons. The van der Waals surface area contributed by atoms with Gasteiger partial charge in [0, 0.05) is 108 Å². The molecule has 3 amide bonds. The van der Waals surface area contributed by atoms with Crippen LogP contribution >= 0.6 is 0 Å². The van der Waals surface area contributed by atoms with E-state index in [-0.39, 0.29) is 47.7 Å². The highest BCUT2D eigenvalue weighted by molar-refractivity contribution is 5.92. The van der Waals surface area contributed by atoms with E-state index in [1.54, 1.807) is 4.90 Å². The van der Waals surface area contributed by atoms with E-state index in [0.717, 1.165) is 124 Å². The van der Waals surface area contributed by atoms with Crippen LogP contribution in [0.25, 0.3) is 0 Å². The first kappa shape index (κ1) is 74.1. The Kier molecular flexibility index (Phi) is 24.0. The molecule has 0 aromatic heterocycles. The average Bonchev–Trinajstić information content (AvgIpc) is 1.63. The van der Waals surface area contributed by atoms with Crippen LogP contribution in [0.1, 0.15) is 139 Å². The lowest BCUT2D eigenvalue weighted by Gasteiger charge is -2.41. The lowest BCUT2D eigenvalue weighted by Crippen LogP contribution is -2.51. The lowest BCUT2D eigenvalue weighted by molar-refractivity contribution is -0.148. The van der Waals surface area contributed by atoms with Crippen LogP contribution < -0.4 is 0 Å². The third-order valence-corrected chi connectivity index (χ3v) is 25.3. The summed E-state index contributed by atoms with van der Waals surface area (Å²) in [5, 5.41) is 10.2. The Balaban J connectivity index is 0.000000130. The van der Waals surface area contributed by atoms with E-state index in [4.69, 9.17) is 0 Å². The molecule has 1 N–H and O–H groups in total. The van der Waals surface area contributed by atoms with Gasteiger partial charge >= 0.3 is 5.97 Å². The monoisotopic (exact) mass is 1440 g/mol. The molecule has 8 saturated heterocycles. The quantitative estimate of drug-likeness (QED) is 0.0891. The Hall–Kier alpha value is -9.34. The van der Waals surface area contributed by atoms with Crippen LogP contribution in [0.3, 0.4) is 0 Å². The first-order chi connectivity index (χ1) is 53.0. The third-order valence-electron chi connectivity index (χ3n) is 25.3. The van der Waals surface area contributed by atoms with Crippen LogP contribution in [0.2, 0.25) is 0 Å². The van der Waals surface area contributed by atoms with E-state index >= 15 is 0 Å². The first-order valence-corrected chi connectivity index (χ1v) is 40.2. The number of hydrogen-bond donors (Lipinski definition) is 1. The smallest absolute Gasteiger partial charge is 0.326 e. The fourth-order valence-corrected chi connectivity index (χ4v) is 20.0. The predicted octanol–water partition coefficient (Wildman–Crippen LogP) is 15.2. The SMILES string of the molecule is C[C@@H]1C[C@H](N2CCC[C@H]3CN(Cc4ccccc4)C[C@H]32)CN1C(=O)C(c1ccccc1)c1ccccc1.C[C@@H]1C[C@H](N2CC[C@H](c3ccccc3)C2)CN1C(=O)C(c1ccccc1)c1ccccc1.O=C(O)[C@@H]1C[C@H](N2CCC[C@@H]3CN(Cc4ccccc4)C[C@@H]32)CN1C(=O)C(c1ccccc1)c1ccccc1. The van der Waals surface area contributed by atoms with Crippen LogP contribution in [-0.2, 0) is 32.3 Å². The molecule has 0 aliphatic carbocycles. The minimum Gasteiger partial charge on any atom is -0.480 e. The van der Waals surface area contributed by atoms with Gasteiger partial charge in [0.1, 0.15) is 6.04 Å². The number of nitrogens with zero attached hydrogens (tertiary/aromatic N) is 8. The van der Waals surface area contributed by atoms with E-state index in [9.17, 15) is 24.3 Å². The van der Waals surface area contributed by atoms with Crippen molar-refractivity contribution in [2.24, 2.45) is 11.8 Å². The summed E-state index contributed by atoms with van der Waals surface area (Å²) in [5.74, 6) is 0.404. The maximum atomic E-state index is 14.2. The van der Waals surface area contributed by atoms with Gasteiger partial charge in [-0.1, -0.05) is 273 Å². The van der Waals surface area contributed by atoms with Gasteiger partial charge in [-0.05, 0) is 153 Å². The highest BCUT2D eigenvalue weighted by Gasteiger charge is 2.50. The Morgan fingerprint density at radius 3 is 1.06 bits per heavy atom. The topological polar surface area (TPSA) is 114 Å². The molecule has 108 heavy (non-hydrogen) atoms. The molecule has 9 aromatic carbocycles. The maximum absolute atomic E-state index is 14.2. The van der Waals surface area contributed by atoms with E-state index in [0.29, 0.717) is 49.0 Å². The molecule has 0 bridgehead atoms. The van der Waals surface area contributed by atoms with Crippen LogP contribution in [0, 0.1) is 11.8 Å². The van der Waals surface area contributed by atoms with Crippen molar-refractivity contribution in [3.63, 3.8) is 0 Å². The molecule has 0 spiro atoms. The molecule has 9 aromatic rings. The van der Waals surface area contributed by atoms with Crippen molar-refractivity contribution < 1.29 is 24.3 Å². The number of carbonyl (C=O) groups excluding carboxylic acids is 3. The summed E-state index contributed by atoms with van der Waals surface area (Å²) < 4.78 is 0. The highest BCUT2D eigenvalue weighted by Crippen LogP contribution is 2.42. The molecule has 11 atom stereocenters. The second kappa shape index (κ2) is 34.9. The summed E-state index contributed by atoms with van der Waals surface area (Å²) in [4.78, 5) is 74.0. The zero-order valence-corrected chi connectivity index (χ0v) is 63.1. The van der Waals surface area contributed by atoms with E-state index < -0.39 is 17.9 Å². The average molecular weight is 1440 g/mol. The number of hydrogen-bond acceptors (Lipinski definition) is 9. The number of benzene rings is 9. The third kappa shape index (κ3) is 17.1. The first-order valence-electron chi connectivity index (χ1n) is 40.2. The van der Waals surface area contributed by atoms with Gasteiger partial charge < -0.3 is 19.8 Å². The molecule has 17 rings (SSSR count). The maximum Gasteiger partial charge on any atom is 0.326 e. The van der Waals surface area contributed by atoms with Crippen molar-refractivity contribution in [3.8, 4) is 0 Å². The van der Waals surface area contributed by atoms with Crippen molar-refractivity contribution in [3.05, 3.63) is 323 Å². The normalized spacial score (nSPS) is 25.3. The second-order valence-electron chi connectivity index (χ2n) is 32.1. The minimum atomic E-state index is -0.906. The van der Waals surface area contributed by atoms with Gasteiger partial charge in [-0.15, -0.1) is 0 Å². The fraction of sp³-hybridized carbons (Fsp3) is 0.389. The number of aliphatic carboxylic acids is 1. The van der Waals surface area contributed by atoms with Gasteiger partial charge in [0.25, 0.3) is 0 Å². The van der Waals surface area contributed by atoms with Crippen molar-refractivity contribution in [1.29, 1.82) is 0 Å². The van der Waals surface area contributed by atoms with Gasteiger partial charge in [-0.2, -0.15) is 0 Å². The zero-order chi connectivity index (χ0) is 73.9. The van der Waals surface area contributed by atoms with Crippen LogP contribution in [0.4, 0.5) is 0 Å². The van der Waals surface area contributed by atoms with Gasteiger partial charge in [-0.3, -0.25) is 38.9 Å². The standard InChI is InChI=1S/C33H37N3O3.C33H39N3O.C29H32N2O/c37-32(31(25-13-6-2-7-14-25)26-15-8-3-9-16-26)36-22-28(19-29(36)33(38)39)35-18-10-17-27-21-34(23-30(27)35)20-24-11-4-1-5-12-24;1-25-20-30(35-19-11-18-29-22-34(24-31(29)35)21-26-12-5-2-6-13-26)23-36(25)33(37)32(27-14-7-3-8-15-27)28-16-9-4-10-17-28;1-22-19-27(30-18-17-26(20-30)23-11-5-2-6-12-23)21-31(22)29(32)28(24-13-7-3-8-14-24)25-15-9-4-10-16-25/h1-9,11-16,27-31H,10,17-23H2,(H,38,39);2-10,12-17,25,29-32H,11,18-24H2,1H3;2-16,22,26-28H,17-21H2,1H3/t27-,28+,29+,30+;25-,29+,30+,31-;22-,26+,27+/m111/s1. The van der Waals surface area contributed by atoms with E-state index in [1.165, 1.54) is 55.5 Å². The van der Waals surface area contributed by atoms with Gasteiger partial charge in [0.2, 0.25) is 17.7 Å². The summed E-state index contributed by atoms with van der Waals surface area (Å²) in [6.45, 7) is 17.4. The van der Waals surface area contributed by atoms with Gasteiger partial charge in [-0.25, -0.2) is 4.79 Å². The van der Waals surface area contributed by atoms with Gasteiger partial charge in [0.05, 0.1) is 17.8 Å². The van der Waals surface area contributed by atoms with E-state index in [1.807, 2.05) is 133 Å². The van der Waals surface area contributed by atoms with Crippen molar-refractivity contribution in [2.75, 3.05) is 72.0 Å². The summed E-state index contributed by atoms with van der Waals surface area (Å²) in [5.41, 5.74) is 10.3. The molecule has 0 radical (unpaired) electrons. The Labute approximate surface area is 640 Å². The predicted molar refractivity (Wildman–Crippen MR) is 430 cm³/mol. The molecule has 8 aliphatic rings. The lowest BCUT2D eigenvalue weighted by atomic mass is 9.90. The molecule has 13 heteroatoms. The molecule has 8 fully saturated rings. The fourth-order valence-electron chi connectivity index (χ4n) is 20.0. The van der Waals surface area contributed by atoms with Gasteiger partial charge in [0.15, 0.2) is 0 Å². The number of likely N-dealkylation sites (tertiary alicyclic amines) is 8. The Morgan fingerprint density at radius 2 is 0.676 bits per heavy atom. The summed E-state index contributed by atoms with van der Waals surface area (Å²) in [6.07, 6.45) is 8.77. The molecule has 8 heterocycles. The molecular weight excluding hydrogens is 1330 g/mol. The molecular formula is C95H108N8O5. The van der Waals surface area contributed by atoms with Crippen molar-refractivity contribution in [2.45, 2.75) is 150 Å². The molecule has 8 aliphatic heterocycles. The Bertz CT molecular complexity index is 4230. The number of carbonyl (C=O) groups is 4. The minimum absolute atomic E-state index is 0.0618. The molecule has 0 unspecified atom stereocenters. The zero-order valence-electron chi connectivity index (χ0n) is 63.1. The van der Waals surface area contributed by atoms with Crippen LogP contribution in [-0.4, -0.2) is 188 Å².